The second-order valence-corrected chi connectivity index (χ2v) is 8.98. The summed E-state index contributed by atoms with van der Waals surface area (Å²) < 4.78 is 36.7. The summed E-state index contributed by atoms with van der Waals surface area (Å²) in [6.45, 7) is 4.16. The smallest absolute Gasteiger partial charge is 0.267 e. The number of aromatic nitrogens is 5. The van der Waals surface area contributed by atoms with Gasteiger partial charge in [-0.05, 0) is 32.0 Å². The number of hydrogen-bond acceptors (Lipinski definition) is 7. The first-order chi connectivity index (χ1) is 14.3. The normalized spacial score (nSPS) is 19.4. The maximum Gasteiger partial charge on any atom is 0.267 e. The van der Waals surface area contributed by atoms with Crippen LogP contribution in [0.15, 0.2) is 59.0 Å². The van der Waals surface area contributed by atoms with Gasteiger partial charge in [-0.25, -0.2) is 22.8 Å². The van der Waals surface area contributed by atoms with Crippen LogP contribution in [0.1, 0.15) is 25.9 Å². The summed E-state index contributed by atoms with van der Waals surface area (Å²) in [5.74, 6) is 0. The Balaban J connectivity index is 1.61. The Bertz CT molecular complexity index is 1190. The standard InChI is InChI=1S/C19H22N6O4S/c1-13(2)24-9-18(21-12-24)30(27,28)23-16-10-29-11-17(16)25-19(26)4-3-15(22-25)14-5-7-20-8-6-14/h3-9,12-13,16-17,23H,10-11H2,1-2H3. The molecule has 0 aromatic carbocycles. The molecule has 4 rings (SSSR count). The zero-order valence-electron chi connectivity index (χ0n) is 16.5. The average Bonchev–Trinajstić information content (AvgIpc) is 3.39. The summed E-state index contributed by atoms with van der Waals surface area (Å²) in [5, 5.41) is 4.37. The number of nitrogens with zero attached hydrogens (tertiary/aromatic N) is 5. The van der Waals surface area contributed by atoms with E-state index in [1.807, 2.05) is 13.8 Å². The molecule has 10 nitrogen and oxygen atoms in total. The average molecular weight is 430 g/mol. The predicted molar refractivity (Wildman–Crippen MR) is 108 cm³/mol. The fourth-order valence-corrected chi connectivity index (χ4v) is 4.43. The molecule has 2 unspecified atom stereocenters. The number of imidazole rings is 1. The largest absolute Gasteiger partial charge is 0.377 e. The summed E-state index contributed by atoms with van der Waals surface area (Å²) >= 11 is 0. The van der Waals surface area contributed by atoms with Gasteiger partial charge in [0.15, 0.2) is 5.03 Å². The quantitative estimate of drug-likeness (QED) is 0.619. The molecule has 0 spiro atoms. The summed E-state index contributed by atoms with van der Waals surface area (Å²) in [5.41, 5.74) is 1.05. The van der Waals surface area contributed by atoms with Crippen molar-refractivity contribution in [3.05, 3.63) is 59.5 Å². The number of ether oxygens (including phenoxy) is 1. The molecule has 2 atom stereocenters. The van der Waals surface area contributed by atoms with Crippen LogP contribution in [0.25, 0.3) is 11.3 Å². The minimum Gasteiger partial charge on any atom is -0.377 e. The van der Waals surface area contributed by atoms with Crippen molar-refractivity contribution in [3.63, 3.8) is 0 Å². The van der Waals surface area contributed by atoms with Crippen LogP contribution in [0.5, 0.6) is 0 Å². The van der Waals surface area contributed by atoms with Crippen molar-refractivity contribution in [1.29, 1.82) is 0 Å². The van der Waals surface area contributed by atoms with Crippen LogP contribution < -0.4 is 10.3 Å². The van der Waals surface area contributed by atoms with E-state index in [0.717, 1.165) is 5.56 Å². The third kappa shape index (κ3) is 4.04. The highest BCUT2D eigenvalue weighted by Crippen LogP contribution is 2.22. The maximum atomic E-state index is 12.8. The Morgan fingerprint density at radius 3 is 2.63 bits per heavy atom. The van der Waals surface area contributed by atoms with Gasteiger partial charge in [0.25, 0.3) is 15.6 Å². The molecular formula is C19H22N6O4S. The molecule has 1 N–H and O–H groups in total. The number of rotatable bonds is 6. The molecule has 1 aliphatic heterocycles. The minimum atomic E-state index is -3.89. The summed E-state index contributed by atoms with van der Waals surface area (Å²) in [4.78, 5) is 20.5. The van der Waals surface area contributed by atoms with Crippen molar-refractivity contribution in [2.45, 2.75) is 37.0 Å². The first-order valence-electron chi connectivity index (χ1n) is 9.49. The van der Waals surface area contributed by atoms with Gasteiger partial charge in [0.2, 0.25) is 0 Å². The van der Waals surface area contributed by atoms with Gasteiger partial charge in [0, 0.05) is 36.3 Å². The van der Waals surface area contributed by atoms with Crippen molar-refractivity contribution < 1.29 is 13.2 Å². The van der Waals surface area contributed by atoms with Gasteiger partial charge in [-0.1, -0.05) is 0 Å². The van der Waals surface area contributed by atoms with Crippen LogP contribution in [-0.4, -0.2) is 52.0 Å². The van der Waals surface area contributed by atoms with E-state index < -0.39 is 22.1 Å². The monoisotopic (exact) mass is 430 g/mol. The first-order valence-corrected chi connectivity index (χ1v) is 11.0. The molecule has 4 heterocycles. The molecule has 30 heavy (non-hydrogen) atoms. The second kappa shape index (κ2) is 8.09. The van der Waals surface area contributed by atoms with Gasteiger partial charge < -0.3 is 9.30 Å². The van der Waals surface area contributed by atoms with Crippen LogP contribution in [0.3, 0.4) is 0 Å². The third-order valence-electron chi connectivity index (χ3n) is 4.92. The third-order valence-corrected chi connectivity index (χ3v) is 6.30. The van der Waals surface area contributed by atoms with Gasteiger partial charge in [0.05, 0.1) is 37.3 Å². The van der Waals surface area contributed by atoms with Gasteiger partial charge in [-0.2, -0.15) is 5.10 Å². The number of nitrogens with one attached hydrogen (secondary N) is 1. The Morgan fingerprint density at radius 1 is 1.17 bits per heavy atom. The Morgan fingerprint density at radius 2 is 1.93 bits per heavy atom. The van der Waals surface area contributed by atoms with Gasteiger partial charge in [0.1, 0.15) is 0 Å². The van der Waals surface area contributed by atoms with E-state index in [9.17, 15) is 13.2 Å². The fraction of sp³-hybridized carbons (Fsp3) is 0.368. The van der Waals surface area contributed by atoms with Crippen molar-refractivity contribution in [3.8, 4) is 11.3 Å². The van der Waals surface area contributed by atoms with E-state index in [0.29, 0.717) is 5.69 Å². The van der Waals surface area contributed by atoms with Gasteiger partial charge in [-0.3, -0.25) is 9.78 Å². The van der Waals surface area contributed by atoms with Crippen molar-refractivity contribution >= 4 is 10.0 Å². The molecule has 3 aromatic rings. The second-order valence-electron chi connectivity index (χ2n) is 7.32. The van der Waals surface area contributed by atoms with Gasteiger partial charge >= 0.3 is 0 Å². The molecule has 0 radical (unpaired) electrons. The molecule has 1 fully saturated rings. The number of sulfonamides is 1. The van der Waals surface area contributed by atoms with Crippen LogP contribution in [-0.2, 0) is 14.8 Å². The van der Waals surface area contributed by atoms with Gasteiger partial charge in [-0.15, -0.1) is 0 Å². The SMILES string of the molecule is CC(C)n1cnc(S(=O)(=O)NC2COCC2n2nc(-c3ccncc3)ccc2=O)c1. The van der Waals surface area contributed by atoms with Crippen LogP contribution >= 0.6 is 0 Å². The molecule has 0 saturated carbocycles. The number of hydrogen-bond donors (Lipinski definition) is 1. The zero-order valence-corrected chi connectivity index (χ0v) is 17.4. The molecule has 1 saturated heterocycles. The highest BCUT2D eigenvalue weighted by atomic mass is 32.2. The highest BCUT2D eigenvalue weighted by Gasteiger charge is 2.35. The van der Waals surface area contributed by atoms with Crippen molar-refractivity contribution in [2.75, 3.05) is 13.2 Å². The predicted octanol–water partition coefficient (Wildman–Crippen LogP) is 1.00. The summed E-state index contributed by atoms with van der Waals surface area (Å²) in [7, 11) is -3.89. The summed E-state index contributed by atoms with van der Waals surface area (Å²) in [6.07, 6.45) is 6.23. The van der Waals surface area contributed by atoms with E-state index in [1.54, 1.807) is 35.2 Å². The highest BCUT2D eigenvalue weighted by molar-refractivity contribution is 7.89. The lowest BCUT2D eigenvalue weighted by Crippen LogP contribution is -2.44. The lowest BCUT2D eigenvalue weighted by atomic mass is 10.1. The van der Waals surface area contributed by atoms with E-state index in [1.165, 1.54) is 23.3 Å². The maximum absolute atomic E-state index is 12.8. The minimum absolute atomic E-state index is 0.0762. The van der Waals surface area contributed by atoms with Crippen LogP contribution in [0, 0.1) is 0 Å². The lowest BCUT2D eigenvalue weighted by Gasteiger charge is -2.20. The first kappa shape index (κ1) is 20.4. The molecular weight excluding hydrogens is 408 g/mol. The van der Waals surface area contributed by atoms with Crippen molar-refractivity contribution in [1.82, 2.24) is 29.0 Å². The fourth-order valence-electron chi connectivity index (χ4n) is 3.23. The molecule has 158 valence electrons. The number of pyridine rings is 1. The molecule has 0 bridgehead atoms. The van der Waals surface area contributed by atoms with E-state index >= 15 is 0 Å². The van der Waals surface area contributed by atoms with Crippen LogP contribution in [0.4, 0.5) is 0 Å². The molecule has 0 aliphatic carbocycles. The zero-order chi connectivity index (χ0) is 21.3. The summed E-state index contributed by atoms with van der Waals surface area (Å²) in [6, 6.07) is 5.46. The van der Waals surface area contributed by atoms with E-state index in [2.05, 4.69) is 19.8 Å². The topological polar surface area (TPSA) is 121 Å². The molecule has 11 heteroatoms. The molecule has 1 aliphatic rings. The Hall–Kier alpha value is -2.89. The van der Waals surface area contributed by atoms with Crippen LogP contribution in [0.2, 0.25) is 0 Å². The van der Waals surface area contributed by atoms with E-state index in [-0.39, 0.29) is 29.8 Å². The Kier molecular flexibility index (Phi) is 5.50. The van der Waals surface area contributed by atoms with Crippen molar-refractivity contribution in [2.24, 2.45) is 0 Å². The van der Waals surface area contributed by atoms with E-state index in [4.69, 9.17) is 4.74 Å². The molecule has 3 aromatic heterocycles. The Labute approximate surface area is 173 Å². The lowest BCUT2D eigenvalue weighted by molar-refractivity contribution is 0.182. The molecule has 0 amide bonds.